The average molecular weight is 282 g/mol. The number of nitrogens with one attached hydrogen (secondary N) is 2. The molecule has 1 aromatic heterocycles. The van der Waals surface area contributed by atoms with Crippen LogP contribution in [0, 0.1) is 5.92 Å². The van der Waals surface area contributed by atoms with E-state index in [1.165, 1.54) is 31.9 Å². The van der Waals surface area contributed by atoms with Crippen LogP contribution in [0.2, 0.25) is 5.02 Å². The van der Waals surface area contributed by atoms with E-state index in [1.54, 1.807) is 6.07 Å². The molecule has 0 aromatic carbocycles. The predicted molar refractivity (Wildman–Crippen MR) is 77.7 cm³/mol. The number of anilines is 1. The Hall–Kier alpha value is -1.29. The molecule has 1 fully saturated rings. The maximum absolute atomic E-state index is 12.1. The lowest BCUT2D eigenvalue weighted by Gasteiger charge is -2.12. The number of aromatic nitrogens is 1. The Morgan fingerprint density at radius 3 is 2.89 bits per heavy atom. The molecule has 4 nitrogen and oxygen atoms in total. The van der Waals surface area contributed by atoms with Crippen molar-refractivity contribution in [2.45, 2.75) is 32.6 Å². The van der Waals surface area contributed by atoms with E-state index in [0.717, 1.165) is 13.1 Å². The Morgan fingerprint density at radius 1 is 1.47 bits per heavy atom. The van der Waals surface area contributed by atoms with E-state index in [2.05, 4.69) is 15.6 Å². The van der Waals surface area contributed by atoms with E-state index in [0.29, 0.717) is 22.3 Å². The van der Waals surface area contributed by atoms with Crippen LogP contribution < -0.4 is 10.6 Å². The lowest BCUT2D eigenvalue weighted by atomic mass is 10.1. The summed E-state index contributed by atoms with van der Waals surface area (Å²) in [7, 11) is 0. The number of halogens is 1. The highest BCUT2D eigenvalue weighted by atomic mass is 35.5. The molecule has 0 saturated heterocycles. The molecule has 1 saturated carbocycles. The zero-order chi connectivity index (χ0) is 13.7. The van der Waals surface area contributed by atoms with Gasteiger partial charge in [0.2, 0.25) is 0 Å². The second-order valence-electron chi connectivity index (χ2n) is 4.94. The molecule has 0 bridgehead atoms. The normalized spacial score (nSPS) is 15.5. The second kappa shape index (κ2) is 6.75. The van der Waals surface area contributed by atoms with E-state index in [-0.39, 0.29) is 5.91 Å². The van der Waals surface area contributed by atoms with Crippen LogP contribution in [0.1, 0.15) is 43.0 Å². The summed E-state index contributed by atoms with van der Waals surface area (Å²) in [5.41, 5.74) is 0.491. The predicted octanol–water partition coefficient (Wildman–Crippen LogP) is 3.09. The van der Waals surface area contributed by atoms with Gasteiger partial charge in [-0.1, -0.05) is 24.4 Å². The van der Waals surface area contributed by atoms with Gasteiger partial charge in [0.25, 0.3) is 5.91 Å². The molecule has 104 valence electrons. The Morgan fingerprint density at radius 2 is 2.21 bits per heavy atom. The third-order valence-corrected chi connectivity index (χ3v) is 3.79. The number of amides is 1. The molecule has 0 aliphatic heterocycles. The van der Waals surface area contributed by atoms with Crippen molar-refractivity contribution in [2.75, 3.05) is 18.4 Å². The van der Waals surface area contributed by atoms with Gasteiger partial charge in [-0.15, -0.1) is 0 Å². The van der Waals surface area contributed by atoms with Gasteiger partial charge < -0.3 is 10.6 Å². The minimum absolute atomic E-state index is 0.113. The van der Waals surface area contributed by atoms with E-state index in [9.17, 15) is 4.79 Å². The second-order valence-corrected chi connectivity index (χ2v) is 5.35. The minimum atomic E-state index is -0.113. The molecular weight excluding hydrogens is 262 g/mol. The van der Waals surface area contributed by atoms with Crippen molar-refractivity contribution >= 4 is 23.3 Å². The highest BCUT2D eigenvalue weighted by Crippen LogP contribution is 2.24. The first-order valence-electron chi connectivity index (χ1n) is 6.88. The number of pyridine rings is 1. The maximum atomic E-state index is 12.1. The van der Waals surface area contributed by atoms with Crippen molar-refractivity contribution < 1.29 is 4.79 Å². The number of nitrogens with zero attached hydrogens (tertiary/aromatic N) is 1. The zero-order valence-electron chi connectivity index (χ0n) is 11.2. The molecule has 1 aliphatic carbocycles. The maximum Gasteiger partial charge on any atom is 0.252 e. The third kappa shape index (κ3) is 3.83. The standard InChI is InChI=1S/C14H20ClN3O/c1-2-16-13-7-11(12(15)9-17-13)14(19)18-8-10-5-3-4-6-10/h7,9-10H,2-6,8H2,1H3,(H,16,17)(H,18,19). The van der Waals surface area contributed by atoms with Crippen LogP contribution in [-0.4, -0.2) is 24.0 Å². The monoisotopic (exact) mass is 281 g/mol. The number of carbonyl (C=O) groups excluding carboxylic acids is 1. The molecule has 2 rings (SSSR count). The van der Waals surface area contributed by atoms with Crippen molar-refractivity contribution in [3.05, 3.63) is 22.8 Å². The number of hydrogen-bond donors (Lipinski definition) is 2. The minimum Gasteiger partial charge on any atom is -0.370 e. The molecule has 1 heterocycles. The lowest BCUT2D eigenvalue weighted by molar-refractivity contribution is 0.0947. The van der Waals surface area contributed by atoms with Crippen LogP contribution in [0.25, 0.3) is 0 Å². The van der Waals surface area contributed by atoms with Gasteiger partial charge in [0, 0.05) is 19.3 Å². The van der Waals surface area contributed by atoms with E-state index in [4.69, 9.17) is 11.6 Å². The van der Waals surface area contributed by atoms with E-state index in [1.807, 2.05) is 6.92 Å². The molecule has 19 heavy (non-hydrogen) atoms. The van der Waals surface area contributed by atoms with Crippen LogP contribution >= 0.6 is 11.6 Å². The summed E-state index contributed by atoms with van der Waals surface area (Å²) >= 11 is 6.04. The van der Waals surface area contributed by atoms with Crippen LogP contribution in [0.3, 0.4) is 0 Å². The van der Waals surface area contributed by atoms with Gasteiger partial charge in [-0.3, -0.25) is 4.79 Å². The summed E-state index contributed by atoms with van der Waals surface area (Å²) in [5.74, 6) is 1.19. The van der Waals surface area contributed by atoms with Gasteiger partial charge in [-0.2, -0.15) is 0 Å². The summed E-state index contributed by atoms with van der Waals surface area (Å²) in [5, 5.41) is 6.44. The molecule has 0 atom stereocenters. The Balaban J connectivity index is 1.98. The fourth-order valence-electron chi connectivity index (χ4n) is 2.44. The molecular formula is C14H20ClN3O. The summed E-state index contributed by atoms with van der Waals surface area (Å²) in [6.07, 6.45) is 6.51. The van der Waals surface area contributed by atoms with Crippen molar-refractivity contribution in [3.63, 3.8) is 0 Å². The van der Waals surface area contributed by atoms with Crippen molar-refractivity contribution in [1.82, 2.24) is 10.3 Å². The SMILES string of the molecule is CCNc1cc(C(=O)NCC2CCCC2)c(Cl)cn1. The fraction of sp³-hybridized carbons (Fsp3) is 0.571. The highest BCUT2D eigenvalue weighted by molar-refractivity contribution is 6.33. The van der Waals surface area contributed by atoms with Crippen molar-refractivity contribution in [2.24, 2.45) is 5.92 Å². The first kappa shape index (κ1) is 14.1. The van der Waals surface area contributed by atoms with E-state index >= 15 is 0 Å². The van der Waals surface area contributed by atoms with Crippen LogP contribution in [0.4, 0.5) is 5.82 Å². The van der Waals surface area contributed by atoms with Crippen LogP contribution in [0.5, 0.6) is 0 Å². The van der Waals surface area contributed by atoms with E-state index < -0.39 is 0 Å². The van der Waals surface area contributed by atoms with Gasteiger partial charge in [-0.05, 0) is 31.7 Å². The molecule has 1 amide bonds. The number of hydrogen-bond acceptors (Lipinski definition) is 3. The first-order valence-corrected chi connectivity index (χ1v) is 7.26. The van der Waals surface area contributed by atoms with Crippen LogP contribution in [0.15, 0.2) is 12.3 Å². The Kier molecular flexibility index (Phi) is 5.02. The molecule has 0 radical (unpaired) electrons. The van der Waals surface area contributed by atoms with Gasteiger partial charge in [0.05, 0.1) is 10.6 Å². The Bertz CT molecular complexity index is 444. The molecule has 0 spiro atoms. The van der Waals surface area contributed by atoms with Gasteiger partial charge in [0.1, 0.15) is 5.82 Å². The summed E-state index contributed by atoms with van der Waals surface area (Å²) in [4.78, 5) is 16.3. The smallest absolute Gasteiger partial charge is 0.252 e. The van der Waals surface area contributed by atoms with Gasteiger partial charge in [0.15, 0.2) is 0 Å². The van der Waals surface area contributed by atoms with Gasteiger partial charge >= 0.3 is 0 Å². The molecule has 5 heteroatoms. The van der Waals surface area contributed by atoms with Crippen LogP contribution in [-0.2, 0) is 0 Å². The topological polar surface area (TPSA) is 54.0 Å². The van der Waals surface area contributed by atoms with Crippen molar-refractivity contribution in [1.29, 1.82) is 0 Å². The molecule has 2 N–H and O–H groups in total. The molecule has 1 aromatic rings. The zero-order valence-corrected chi connectivity index (χ0v) is 12.0. The van der Waals surface area contributed by atoms with Gasteiger partial charge in [-0.25, -0.2) is 4.98 Å². The quantitative estimate of drug-likeness (QED) is 0.872. The molecule has 1 aliphatic rings. The highest BCUT2D eigenvalue weighted by Gasteiger charge is 2.17. The summed E-state index contributed by atoms with van der Waals surface area (Å²) in [6, 6.07) is 1.70. The summed E-state index contributed by atoms with van der Waals surface area (Å²) < 4.78 is 0. The van der Waals surface area contributed by atoms with Crippen molar-refractivity contribution in [3.8, 4) is 0 Å². The largest absolute Gasteiger partial charge is 0.370 e. The molecule has 0 unspecified atom stereocenters. The number of rotatable bonds is 5. The first-order chi connectivity index (χ1) is 9.20. The third-order valence-electron chi connectivity index (χ3n) is 3.48. The lowest BCUT2D eigenvalue weighted by Crippen LogP contribution is -2.28. The Labute approximate surface area is 118 Å². The average Bonchev–Trinajstić information content (AvgIpc) is 2.92. The summed E-state index contributed by atoms with van der Waals surface area (Å²) in [6.45, 7) is 3.49. The number of carbonyl (C=O) groups is 1. The fourth-order valence-corrected chi connectivity index (χ4v) is 2.63.